The van der Waals surface area contributed by atoms with Crippen molar-refractivity contribution in [3.05, 3.63) is 12.2 Å². The molecule has 0 aliphatic rings. The maximum Gasteiger partial charge on any atom is 0.333 e. The molecule has 0 fully saturated rings. The quantitative estimate of drug-likeness (QED) is 0.307. The summed E-state index contributed by atoms with van der Waals surface area (Å²) in [6.07, 6.45) is 0.480. The van der Waals surface area contributed by atoms with Crippen LogP contribution >= 0.6 is 0 Å². The van der Waals surface area contributed by atoms with Crippen LogP contribution in [0.2, 0.25) is 0 Å². The summed E-state index contributed by atoms with van der Waals surface area (Å²) in [5.41, 5.74) is 0.363. The number of carbonyl (C=O) groups is 1. The van der Waals surface area contributed by atoms with E-state index in [-0.39, 0.29) is 6.61 Å². The van der Waals surface area contributed by atoms with E-state index >= 15 is 0 Å². The first kappa shape index (κ1) is 19.1. The van der Waals surface area contributed by atoms with E-state index in [0.717, 1.165) is 13.0 Å². The second-order valence-corrected chi connectivity index (χ2v) is 4.41. The van der Waals surface area contributed by atoms with Crippen LogP contribution in [0.1, 0.15) is 13.3 Å². The summed E-state index contributed by atoms with van der Waals surface area (Å²) in [4.78, 5) is 11.5. The van der Waals surface area contributed by atoms with Gasteiger partial charge in [-0.2, -0.15) is 0 Å². The van der Waals surface area contributed by atoms with Gasteiger partial charge in [0.05, 0.1) is 26.4 Å². The molecule has 0 heterocycles. The zero-order valence-electron chi connectivity index (χ0n) is 12.8. The highest BCUT2D eigenvalue weighted by atomic mass is 16.6. The van der Waals surface area contributed by atoms with Crippen molar-refractivity contribution in [2.45, 2.75) is 19.4 Å². The second kappa shape index (κ2) is 13.1. The first-order chi connectivity index (χ1) is 9.61. The number of hydrogen-bond acceptors (Lipinski definition) is 6. The standard InChI is InChI=1S/C14H27NO5/c1-12(2)14(16)20-13(11-19-9-8-17-4)10-18-7-5-6-15-3/h13,15H,1,5-11H2,2-4H3. The van der Waals surface area contributed by atoms with E-state index in [9.17, 15) is 4.79 Å². The molecule has 1 atom stereocenters. The number of carbonyl (C=O) groups excluding carboxylic acids is 1. The molecule has 1 N–H and O–H groups in total. The molecule has 0 aliphatic carbocycles. The molecule has 0 amide bonds. The Morgan fingerprint density at radius 2 is 1.85 bits per heavy atom. The smallest absolute Gasteiger partial charge is 0.333 e. The fourth-order valence-electron chi connectivity index (χ4n) is 1.29. The van der Waals surface area contributed by atoms with Crippen LogP contribution in [-0.4, -0.2) is 65.8 Å². The Labute approximate surface area is 121 Å². The van der Waals surface area contributed by atoms with Crippen LogP contribution in [0.4, 0.5) is 0 Å². The van der Waals surface area contributed by atoms with E-state index in [1.165, 1.54) is 0 Å². The average Bonchev–Trinajstić information content (AvgIpc) is 2.42. The number of rotatable bonds is 13. The predicted octanol–water partition coefficient (Wildman–Crippen LogP) is 0.763. The van der Waals surface area contributed by atoms with E-state index in [4.69, 9.17) is 18.9 Å². The lowest BCUT2D eigenvalue weighted by atomic mass is 10.3. The Morgan fingerprint density at radius 1 is 1.20 bits per heavy atom. The lowest BCUT2D eigenvalue weighted by Crippen LogP contribution is -2.29. The van der Waals surface area contributed by atoms with Crippen molar-refractivity contribution in [2.75, 3.05) is 53.7 Å². The molecule has 20 heavy (non-hydrogen) atoms. The van der Waals surface area contributed by atoms with Crippen molar-refractivity contribution < 1.29 is 23.7 Å². The topological polar surface area (TPSA) is 66.0 Å². The third-order valence-corrected chi connectivity index (χ3v) is 2.38. The zero-order chi connectivity index (χ0) is 15.2. The number of esters is 1. The van der Waals surface area contributed by atoms with Crippen molar-refractivity contribution in [2.24, 2.45) is 0 Å². The van der Waals surface area contributed by atoms with E-state index in [1.807, 2.05) is 7.05 Å². The SMILES string of the molecule is C=C(C)C(=O)OC(COCCCNC)COCCOC. The van der Waals surface area contributed by atoms with Crippen molar-refractivity contribution in [1.82, 2.24) is 5.32 Å². The van der Waals surface area contributed by atoms with Crippen LogP contribution < -0.4 is 5.32 Å². The minimum atomic E-state index is -0.427. The van der Waals surface area contributed by atoms with Gasteiger partial charge in [0.1, 0.15) is 6.10 Å². The van der Waals surface area contributed by atoms with Crippen molar-refractivity contribution in [3.63, 3.8) is 0 Å². The molecule has 6 heteroatoms. The highest BCUT2D eigenvalue weighted by Gasteiger charge is 2.15. The van der Waals surface area contributed by atoms with Crippen LogP contribution in [0.25, 0.3) is 0 Å². The molecule has 1 unspecified atom stereocenters. The van der Waals surface area contributed by atoms with Gasteiger partial charge in [0.25, 0.3) is 0 Å². The Morgan fingerprint density at radius 3 is 2.40 bits per heavy atom. The number of hydrogen-bond donors (Lipinski definition) is 1. The van der Waals surface area contributed by atoms with Crippen LogP contribution in [0, 0.1) is 0 Å². The highest BCUT2D eigenvalue weighted by Crippen LogP contribution is 2.01. The molecule has 6 nitrogen and oxygen atoms in total. The molecule has 0 aromatic rings. The number of ether oxygens (including phenoxy) is 4. The van der Waals surface area contributed by atoms with Gasteiger partial charge < -0.3 is 24.3 Å². The monoisotopic (exact) mass is 289 g/mol. The third kappa shape index (κ3) is 10.9. The summed E-state index contributed by atoms with van der Waals surface area (Å²) in [6.45, 7) is 8.23. The molecule has 0 rings (SSSR count). The summed E-state index contributed by atoms with van der Waals surface area (Å²) in [5, 5.41) is 3.04. The Kier molecular flexibility index (Phi) is 12.4. The van der Waals surface area contributed by atoms with E-state index < -0.39 is 12.1 Å². The molecule has 0 saturated heterocycles. The molecule has 0 aliphatic heterocycles. The van der Waals surface area contributed by atoms with E-state index in [0.29, 0.717) is 32.0 Å². The fourth-order valence-corrected chi connectivity index (χ4v) is 1.29. The zero-order valence-corrected chi connectivity index (χ0v) is 12.8. The maximum absolute atomic E-state index is 11.5. The second-order valence-electron chi connectivity index (χ2n) is 4.41. The van der Waals surface area contributed by atoms with Gasteiger partial charge in [0.15, 0.2) is 0 Å². The van der Waals surface area contributed by atoms with Gasteiger partial charge in [-0.3, -0.25) is 0 Å². The Bertz CT molecular complexity index is 270. The van der Waals surface area contributed by atoms with Gasteiger partial charge in [-0.25, -0.2) is 4.79 Å². The van der Waals surface area contributed by atoms with Crippen LogP contribution in [0.15, 0.2) is 12.2 Å². The van der Waals surface area contributed by atoms with Gasteiger partial charge in [-0.05, 0) is 26.9 Å². The molecule has 0 aromatic carbocycles. The predicted molar refractivity (Wildman–Crippen MR) is 76.8 cm³/mol. The number of nitrogens with one attached hydrogen (secondary N) is 1. The summed E-state index contributed by atoms with van der Waals surface area (Å²) in [7, 11) is 3.49. The minimum absolute atomic E-state index is 0.286. The van der Waals surface area contributed by atoms with Gasteiger partial charge in [0.2, 0.25) is 0 Å². The maximum atomic E-state index is 11.5. The lowest BCUT2D eigenvalue weighted by molar-refractivity contribution is -0.151. The van der Waals surface area contributed by atoms with Crippen molar-refractivity contribution >= 4 is 5.97 Å². The van der Waals surface area contributed by atoms with Gasteiger partial charge in [0, 0.05) is 19.3 Å². The average molecular weight is 289 g/mol. The summed E-state index contributed by atoms with van der Waals surface area (Å²) in [6, 6.07) is 0. The molecule has 118 valence electrons. The summed E-state index contributed by atoms with van der Waals surface area (Å²) < 4.78 is 21.0. The first-order valence-corrected chi connectivity index (χ1v) is 6.77. The number of methoxy groups -OCH3 is 1. The fraction of sp³-hybridized carbons (Fsp3) is 0.786. The first-order valence-electron chi connectivity index (χ1n) is 6.77. The van der Waals surface area contributed by atoms with Crippen LogP contribution in [0.5, 0.6) is 0 Å². The van der Waals surface area contributed by atoms with Gasteiger partial charge in [-0.15, -0.1) is 0 Å². The molecular formula is C14H27NO5. The lowest BCUT2D eigenvalue weighted by Gasteiger charge is -2.18. The molecule has 0 radical (unpaired) electrons. The van der Waals surface area contributed by atoms with Crippen LogP contribution in [0.3, 0.4) is 0 Å². The molecular weight excluding hydrogens is 262 g/mol. The highest BCUT2D eigenvalue weighted by molar-refractivity contribution is 5.87. The van der Waals surface area contributed by atoms with E-state index in [2.05, 4.69) is 11.9 Å². The minimum Gasteiger partial charge on any atom is -0.454 e. The largest absolute Gasteiger partial charge is 0.454 e. The normalized spacial score (nSPS) is 12.2. The molecule has 0 bridgehead atoms. The molecule has 0 spiro atoms. The summed E-state index contributed by atoms with van der Waals surface area (Å²) in [5.74, 6) is -0.427. The Balaban J connectivity index is 3.97. The Hall–Kier alpha value is -0.950. The van der Waals surface area contributed by atoms with Gasteiger partial charge in [-0.1, -0.05) is 6.58 Å². The van der Waals surface area contributed by atoms with E-state index in [1.54, 1.807) is 14.0 Å². The third-order valence-electron chi connectivity index (χ3n) is 2.38. The molecule has 0 saturated carbocycles. The van der Waals surface area contributed by atoms with Crippen molar-refractivity contribution in [1.29, 1.82) is 0 Å². The van der Waals surface area contributed by atoms with Gasteiger partial charge >= 0.3 is 5.97 Å². The molecule has 0 aromatic heterocycles. The van der Waals surface area contributed by atoms with Crippen molar-refractivity contribution in [3.8, 4) is 0 Å². The van der Waals surface area contributed by atoms with Crippen LogP contribution in [-0.2, 0) is 23.7 Å². The summed E-state index contributed by atoms with van der Waals surface area (Å²) >= 11 is 0.